The number of pyridine rings is 1. The maximum atomic E-state index is 10.0. The molecule has 0 radical (unpaired) electrons. The number of rotatable bonds is 5. The highest BCUT2D eigenvalue weighted by Crippen LogP contribution is 2.11. The molecule has 0 aliphatic carbocycles. The Bertz CT molecular complexity index is 315. The van der Waals surface area contributed by atoms with E-state index in [0.29, 0.717) is 6.61 Å². The Kier molecular flexibility index (Phi) is 9.22. The van der Waals surface area contributed by atoms with Gasteiger partial charge in [0, 0.05) is 12.7 Å². The van der Waals surface area contributed by atoms with E-state index < -0.39 is 4.92 Å². The number of aromatic nitrogens is 1. The lowest BCUT2D eigenvalue weighted by atomic mass is 10.2. The molecule has 0 aliphatic heterocycles. The van der Waals surface area contributed by atoms with Crippen LogP contribution in [0.25, 0.3) is 0 Å². The number of nitrogens with zero attached hydrogens (tertiary/aromatic N) is 2. The number of halogens is 1. The number of aliphatic hydroxyl groups excluding tert-OH is 1. The summed E-state index contributed by atoms with van der Waals surface area (Å²) < 4.78 is 0. The zero-order valence-corrected chi connectivity index (χ0v) is 10.1. The Hall–Kier alpha value is -1.24. The molecule has 1 aromatic rings. The minimum atomic E-state index is -0.524. The third kappa shape index (κ3) is 8.56. The first-order valence-electron chi connectivity index (χ1n) is 5.18. The van der Waals surface area contributed by atoms with E-state index in [4.69, 9.17) is 22.4 Å². The largest absolute Gasteiger partial charge is 0.396 e. The second-order valence-corrected chi connectivity index (χ2v) is 3.56. The lowest BCUT2D eigenvalue weighted by Crippen LogP contribution is -1.98. The normalized spacial score (nSPS) is 9.35. The fourth-order valence-corrected chi connectivity index (χ4v) is 1.02. The molecule has 7 heteroatoms. The summed E-state index contributed by atoms with van der Waals surface area (Å²) in [5.41, 5.74) is 5.14. The molecule has 0 saturated carbocycles. The van der Waals surface area contributed by atoms with Crippen molar-refractivity contribution in [2.75, 3.05) is 13.2 Å². The molecule has 0 saturated heterocycles. The molecule has 1 rings (SSSR count). The summed E-state index contributed by atoms with van der Waals surface area (Å²) in [4.78, 5) is 13.0. The molecule has 1 aromatic heterocycles. The highest BCUT2D eigenvalue weighted by Gasteiger charge is 2.02. The van der Waals surface area contributed by atoms with Crippen LogP contribution in [0.15, 0.2) is 18.3 Å². The number of nitro groups is 1. The first kappa shape index (κ1) is 15.8. The van der Waals surface area contributed by atoms with Gasteiger partial charge in [0.1, 0.15) is 11.3 Å². The Morgan fingerprint density at radius 2 is 2.12 bits per heavy atom. The third-order valence-electron chi connectivity index (χ3n) is 1.78. The standard InChI is InChI=1S/C5H3ClN2O2.C5H13NO/c6-5-2-1-4(3-7-5)8(9)10;6-4-2-1-3-5-7/h1-3H;7H,1-6H2. The van der Waals surface area contributed by atoms with E-state index in [2.05, 4.69) is 4.98 Å². The molecule has 0 spiro atoms. The van der Waals surface area contributed by atoms with Crippen LogP contribution in [0.1, 0.15) is 19.3 Å². The molecule has 0 fully saturated rings. The van der Waals surface area contributed by atoms with Gasteiger partial charge in [-0.25, -0.2) is 4.98 Å². The first-order valence-corrected chi connectivity index (χ1v) is 5.56. The quantitative estimate of drug-likeness (QED) is 0.364. The van der Waals surface area contributed by atoms with E-state index in [1.165, 1.54) is 12.1 Å². The van der Waals surface area contributed by atoms with Crippen molar-refractivity contribution in [2.24, 2.45) is 5.73 Å². The van der Waals surface area contributed by atoms with Crippen molar-refractivity contribution in [1.82, 2.24) is 4.98 Å². The number of aliphatic hydroxyl groups is 1. The fourth-order valence-electron chi connectivity index (χ4n) is 0.909. The maximum Gasteiger partial charge on any atom is 0.287 e. The van der Waals surface area contributed by atoms with Crippen molar-refractivity contribution < 1.29 is 10.0 Å². The molecule has 1 heterocycles. The molecule has 0 unspecified atom stereocenters. The zero-order valence-electron chi connectivity index (χ0n) is 9.38. The highest BCUT2D eigenvalue weighted by atomic mass is 35.5. The first-order chi connectivity index (χ1) is 8.11. The van der Waals surface area contributed by atoms with Gasteiger partial charge in [-0.2, -0.15) is 0 Å². The average molecular weight is 262 g/mol. The van der Waals surface area contributed by atoms with Crippen LogP contribution in [0.2, 0.25) is 5.15 Å². The molecule has 0 aromatic carbocycles. The van der Waals surface area contributed by atoms with Gasteiger partial charge in [0.2, 0.25) is 0 Å². The summed E-state index contributed by atoms with van der Waals surface area (Å²) in [7, 11) is 0. The molecular formula is C10H16ClN3O3. The van der Waals surface area contributed by atoms with Crippen LogP contribution in [-0.2, 0) is 0 Å². The van der Waals surface area contributed by atoms with Crippen molar-refractivity contribution in [2.45, 2.75) is 19.3 Å². The van der Waals surface area contributed by atoms with Gasteiger partial charge in [-0.1, -0.05) is 11.6 Å². The Morgan fingerprint density at radius 3 is 2.53 bits per heavy atom. The van der Waals surface area contributed by atoms with Crippen LogP contribution in [0.4, 0.5) is 5.69 Å². The summed E-state index contributed by atoms with van der Waals surface area (Å²) in [6.07, 6.45) is 4.12. The van der Waals surface area contributed by atoms with Gasteiger partial charge in [-0.05, 0) is 31.9 Å². The smallest absolute Gasteiger partial charge is 0.287 e. The van der Waals surface area contributed by atoms with Gasteiger partial charge in [-0.15, -0.1) is 0 Å². The number of unbranched alkanes of at least 4 members (excludes halogenated alkanes) is 2. The molecule has 0 amide bonds. The average Bonchev–Trinajstić information content (AvgIpc) is 2.31. The minimum absolute atomic E-state index is 0.0515. The summed E-state index contributed by atoms with van der Waals surface area (Å²) >= 11 is 5.38. The van der Waals surface area contributed by atoms with Gasteiger partial charge >= 0.3 is 0 Å². The molecule has 6 nitrogen and oxygen atoms in total. The molecule has 17 heavy (non-hydrogen) atoms. The molecule has 0 bridgehead atoms. The zero-order chi connectivity index (χ0) is 13.1. The van der Waals surface area contributed by atoms with Gasteiger partial charge < -0.3 is 10.8 Å². The fraction of sp³-hybridized carbons (Fsp3) is 0.500. The van der Waals surface area contributed by atoms with Gasteiger partial charge in [0.25, 0.3) is 5.69 Å². The molecule has 3 N–H and O–H groups in total. The summed E-state index contributed by atoms with van der Waals surface area (Å²) in [6, 6.07) is 2.68. The minimum Gasteiger partial charge on any atom is -0.396 e. The van der Waals surface area contributed by atoms with E-state index >= 15 is 0 Å². The van der Waals surface area contributed by atoms with Crippen molar-refractivity contribution in [3.8, 4) is 0 Å². The Morgan fingerprint density at radius 1 is 1.41 bits per heavy atom. The van der Waals surface area contributed by atoms with E-state index in [-0.39, 0.29) is 10.8 Å². The van der Waals surface area contributed by atoms with Crippen LogP contribution in [0.5, 0.6) is 0 Å². The predicted molar refractivity (Wildman–Crippen MR) is 65.9 cm³/mol. The third-order valence-corrected chi connectivity index (χ3v) is 2.01. The van der Waals surface area contributed by atoms with Crippen LogP contribution < -0.4 is 5.73 Å². The van der Waals surface area contributed by atoms with Gasteiger partial charge in [-0.3, -0.25) is 10.1 Å². The topological polar surface area (TPSA) is 102 Å². The van der Waals surface area contributed by atoms with Crippen LogP contribution in [0, 0.1) is 10.1 Å². The predicted octanol–water partition coefficient (Wildman–Crippen LogP) is 1.75. The van der Waals surface area contributed by atoms with Crippen LogP contribution >= 0.6 is 11.6 Å². The summed E-state index contributed by atoms with van der Waals surface area (Å²) in [5, 5.41) is 18.5. The van der Waals surface area contributed by atoms with Crippen molar-refractivity contribution in [3.05, 3.63) is 33.6 Å². The van der Waals surface area contributed by atoms with Crippen molar-refractivity contribution >= 4 is 17.3 Å². The van der Waals surface area contributed by atoms with Gasteiger partial charge in [0.05, 0.1) is 4.92 Å². The number of hydrogen-bond donors (Lipinski definition) is 2. The van der Waals surface area contributed by atoms with E-state index in [9.17, 15) is 10.1 Å². The number of hydrogen-bond acceptors (Lipinski definition) is 5. The molecule has 0 aliphatic rings. The lowest BCUT2D eigenvalue weighted by molar-refractivity contribution is -0.385. The molecule has 96 valence electrons. The van der Waals surface area contributed by atoms with E-state index in [1.54, 1.807) is 0 Å². The summed E-state index contributed by atoms with van der Waals surface area (Å²) in [5.74, 6) is 0. The van der Waals surface area contributed by atoms with Crippen molar-refractivity contribution in [1.29, 1.82) is 0 Å². The highest BCUT2D eigenvalue weighted by molar-refractivity contribution is 6.29. The number of nitrogens with two attached hydrogens (primary N) is 1. The maximum absolute atomic E-state index is 10.0. The lowest BCUT2D eigenvalue weighted by Gasteiger charge is -1.90. The second-order valence-electron chi connectivity index (χ2n) is 3.17. The Labute approximate surface area is 105 Å². The Balaban J connectivity index is 0.000000325. The monoisotopic (exact) mass is 261 g/mol. The molecule has 0 atom stereocenters. The summed E-state index contributed by atoms with van der Waals surface area (Å²) in [6.45, 7) is 1.06. The van der Waals surface area contributed by atoms with Crippen molar-refractivity contribution in [3.63, 3.8) is 0 Å². The molecular weight excluding hydrogens is 246 g/mol. The van der Waals surface area contributed by atoms with Gasteiger partial charge in [0.15, 0.2) is 0 Å². The van der Waals surface area contributed by atoms with E-state index in [1.807, 2.05) is 0 Å². The van der Waals surface area contributed by atoms with Crippen LogP contribution in [0.3, 0.4) is 0 Å². The SMILES string of the molecule is NCCCCCO.O=[N+]([O-])c1ccc(Cl)nc1. The van der Waals surface area contributed by atoms with Crippen LogP contribution in [-0.4, -0.2) is 28.2 Å². The second kappa shape index (κ2) is 9.95. The van der Waals surface area contributed by atoms with E-state index in [0.717, 1.165) is 32.0 Å².